The molecule has 0 aliphatic carbocycles. The van der Waals surface area contributed by atoms with E-state index in [-0.39, 0.29) is 17.8 Å². The van der Waals surface area contributed by atoms with Gasteiger partial charge in [0.05, 0.1) is 12.5 Å². The van der Waals surface area contributed by atoms with Gasteiger partial charge in [0, 0.05) is 19.5 Å². The van der Waals surface area contributed by atoms with Crippen LogP contribution in [-0.2, 0) is 19.1 Å². The molecule has 0 aromatic heterocycles. The molecule has 2 fully saturated rings. The number of piperidine rings is 1. The summed E-state index contributed by atoms with van der Waals surface area (Å²) in [4.78, 5) is 37.8. The van der Waals surface area contributed by atoms with Crippen molar-refractivity contribution in [2.24, 2.45) is 5.41 Å². The van der Waals surface area contributed by atoms with Crippen LogP contribution < -0.4 is 5.32 Å². The van der Waals surface area contributed by atoms with Gasteiger partial charge in [-0.15, -0.1) is 0 Å². The van der Waals surface area contributed by atoms with Gasteiger partial charge >= 0.3 is 5.97 Å². The molecule has 2 aliphatic heterocycles. The maximum absolute atomic E-state index is 12.6. The molecule has 0 aromatic rings. The van der Waals surface area contributed by atoms with Crippen LogP contribution in [0.25, 0.3) is 0 Å². The fourth-order valence-electron chi connectivity index (χ4n) is 3.22. The van der Waals surface area contributed by atoms with Crippen LogP contribution in [0.3, 0.4) is 0 Å². The average molecular weight is 296 g/mol. The van der Waals surface area contributed by atoms with E-state index in [1.54, 1.807) is 4.90 Å². The summed E-state index contributed by atoms with van der Waals surface area (Å²) in [6.45, 7) is 2.84. The van der Waals surface area contributed by atoms with Gasteiger partial charge in [0.15, 0.2) is 0 Å². The second-order valence-corrected chi connectivity index (χ2v) is 6.28. The molecule has 2 atom stereocenters. The van der Waals surface area contributed by atoms with Gasteiger partial charge in [0.1, 0.15) is 6.04 Å². The zero-order chi connectivity index (χ0) is 15.5. The van der Waals surface area contributed by atoms with Crippen LogP contribution in [0.15, 0.2) is 0 Å². The number of likely N-dealkylation sites (tertiary alicyclic amines) is 1. The number of esters is 1. The van der Waals surface area contributed by atoms with Crippen LogP contribution in [0, 0.1) is 5.41 Å². The molecule has 0 spiro atoms. The van der Waals surface area contributed by atoms with Crippen molar-refractivity contribution in [3.8, 4) is 0 Å². The molecule has 21 heavy (non-hydrogen) atoms. The molecule has 0 unspecified atom stereocenters. The Morgan fingerprint density at radius 3 is 2.81 bits per heavy atom. The van der Waals surface area contributed by atoms with E-state index in [1.165, 1.54) is 7.11 Å². The summed E-state index contributed by atoms with van der Waals surface area (Å²) >= 11 is 0. The minimum absolute atomic E-state index is 0.0569. The molecule has 118 valence electrons. The Morgan fingerprint density at radius 1 is 1.33 bits per heavy atom. The molecule has 2 amide bonds. The average Bonchev–Trinajstić information content (AvgIpc) is 2.70. The molecular formula is C15H24N2O4. The number of hydrogen-bond donors (Lipinski definition) is 1. The number of carbonyl (C=O) groups is 3. The number of nitrogens with one attached hydrogen (secondary N) is 1. The summed E-state index contributed by atoms with van der Waals surface area (Å²) in [6.07, 6.45) is 4.37. The number of rotatable bonds is 2. The molecular weight excluding hydrogens is 272 g/mol. The second-order valence-electron chi connectivity index (χ2n) is 6.28. The molecule has 0 bridgehead atoms. The van der Waals surface area contributed by atoms with Gasteiger partial charge in [0.25, 0.3) is 0 Å². The molecule has 0 aromatic carbocycles. The SMILES string of the molecule is COC(=O)[C@@]1(C)CCCN(C(=O)[C@@H]2CCCCC(=O)N2)C1. The summed E-state index contributed by atoms with van der Waals surface area (Å²) in [7, 11) is 1.37. The van der Waals surface area contributed by atoms with E-state index in [1.807, 2.05) is 6.92 Å². The van der Waals surface area contributed by atoms with Gasteiger partial charge in [-0.3, -0.25) is 14.4 Å². The summed E-state index contributed by atoms with van der Waals surface area (Å²) in [5.74, 6) is -0.399. The highest BCUT2D eigenvalue weighted by Crippen LogP contribution is 2.31. The minimum atomic E-state index is -0.641. The van der Waals surface area contributed by atoms with E-state index in [9.17, 15) is 14.4 Å². The fourth-order valence-corrected chi connectivity index (χ4v) is 3.22. The first-order valence-corrected chi connectivity index (χ1v) is 7.63. The Morgan fingerprint density at radius 2 is 2.10 bits per heavy atom. The van der Waals surface area contributed by atoms with Gasteiger partial charge < -0.3 is 15.0 Å². The van der Waals surface area contributed by atoms with Crippen LogP contribution in [-0.4, -0.2) is 48.9 Å². The lowest BCUT2D eigenvalue weighted by Crippen LogP contribution is -2.54. The Kier molecular flexibility index (Phi) is 4.85. The van der Waals surface area contributed by atoms with E-state index >= 15 is 0 Å². The van der Waals surface area contributed by atoms with Crippen LogP contribution in [0.1, 0.15) is 45.4 Å². The standard InChI is InChI=1S/C15H24N2O4/c1-15(14(20)21-2)8-5-9-17(10-15)13(19)11-6-3-4-7-12(18)16-11/h11H,3-10H2,1-2H3,(H,16,18)/t11-,15-/m0/s1. The molecule has 0 saturated carbocycles. The number of hydrogen-bond acceptors (Lipinski definition) is 4. The fraction of sp³-hybridized carbons (Fsp3) is 0.800. The third kappa shape index (κ3) is 3.54. The maximum atomic E-state index is 12.6. The smallest absolute Gasteiger partial charge is 0.313 e. The Balaban J connectivity index is 2.04. The van der Waals surface area contributed by atoms with Crippen molar-refractivity contribution < 1.29 is 19.1 Å². The summed E-state index contributed by atoms with van der Waals surface area (Å²) in [5.41, 5.74) is -0.641. The lowest BCUT2D eigenvalue weighted by molar-refractivity contribution is -0.157. The molecule has 1 N–H and O–H groups in total. The first-order valence-electron chi connectivity index (χ1n) is 7.63. The van der Waals surface area contributed by atoms with E-state index < -0.39 is 11.5 Å². The van der Waals surface area contributed by atoms with Gasteiger partial charge in [-0.2, -0.15) is 0 Å². The van der Waals surface area contributed by atoms with Crippen molar-refractivity contribution in [1.29, 1.82) is 0 Å². The molecule has 2 rings (SSSR count). The Hall–Kier alpha value is -1.59. The van der Waals surface area contributed by atoms with Crippen molar-refractivity contribution in [3.63, 3.8) is 0 Å². The van der Waals surface area contributed by atoms with Gasteiger partial charge in [-0.25, -0.2) is 0 Å². The predicted octanol–water partition coefficient (Wildman–Crippen LogP) is 0.847. The molecule has 6 nitrogen and oxygen atoms in total. The third-order valence-electron chi connectivity index (χ3n) is 4.47. The van der Waals surface area contributed by atoms with E-state index in [0.717, 1.165) is 25.7 Å². The van der Waals surface area contributed by atoms with Crippen LogP contribution in [0.4, 0.5) is 0 Å². The number of nitrogens with zero attached hydrogens (tertiary/aromatic N) is 1. The van der Waals surface area contributed by atoms with Crippen LogP contribution >= 0.6 is 0 Å². The van der Waals surface area contributed by atoms with E-state index in [4.69, 9.17) is 4.74 Å². The topological polar surface area (TPSA) is 75.7 Å². The van der Waals surface area contributed by atoms with E-state index in [2.05, 4.69) is 5.32 Å². The predicted molar refractivity (Wildman–Crippen MR) is 76.3 cm³/mol. The summed E-state index contributed by atoms with van der Waals surface area (Å²) < 4.78 is 4.86. The zero-order valence-corrected chi connectivity index (χ0v) is 12.8. The first kappa shape index (κ1) is 15.8. The largest absolute Gasteiger partial charge is 0.469 e. The highest BCUT2D eigenvalue weighted by molar-refractivity contribution is 5.88. The molecule has 0 radical (unpaired) electrons. The third-order valence-corrected chi connectivity index (χ3v) is 4.47. The summed E-state index contributed by atoms with van der Waals surface area (Å²) in [5, 5.41) is 2.80. The lowest BCUT2D eigenvalue weighted by atomic mass is 9.81. The highest BCUT2D eigenvalue weighted by atomic mass is 16.5. The van der Waals surface area contributed by atoms with Crippen molar-refractivity contribution >= 4 is 17.8 Å². The van der Waals surface area contributed by atoms with Crippen LogP contribution in [0.2, 0.25) is 0 Å². The van der Waals surface area contributed by atoms with Gasteiger partial charge in [-0.1, -0.05) is 6.42 Å². The normalized spacial score (nSPS) is 30.3. The lowest BCUT2D eigenvalue weighted by Gasteiger charge is -2.39. The number of amides is 2. The van der Waals surface area contributed by atoms with Crippen molar-refractivity contribution in [2.45, 2.75) is 51.5 Å². The minimum Gasteiger partial charge on any atom is -0.469 e. The van der Waals surface area contributed by atoms with Crippen LogP contribution in [0.5, 0.6) is 0 Å². The second kappa shape index (κ2) is 6.45. The molecule has 2 saturated heterocycles. The van der Waals surface area contributed by atoms with Crippen molar-refractivity contribution in [3.05, 3.63) is 0 Å². The summed E-state index contributed by atoms with van der Waals surface area (Å²) in [6, 6.07) is -0.444. The van der Waals surface area contributed by atoms with E-state index in [0.29, 0.717) is 25.9 Å². The number of methoxy groups -OCH3 is 1. The van der Waals surface area contributed by atoms with Crippen molar-refractivity contribution in [2.75, 3.05) is 20.2 Å². The van der Waals surface area contributed by atoms with Gasteiger partial charge in [-0.05, 0) is 32.6 Å². The quantitative estimate of drug-likeness (QED) is 0.766. The van der Waals surface area contributed by atoms with Gasteiger partial charge in [0.2, 0.25) is 11.8 Å². The number of carbonyl (C=O) groups excluding carboxylic acids is 3. The first-order chi connectivity index (χ1) is 9.96. The Labute approximate surface area is 125 Å². The molecule has 6 heteroatoms. The molecule has 2 heterocycles. The zero-order valence-electron chi connectivity index (χ0n) is 12.8. The Bertz CT molecular complexity index is 437. The molecule has 2 aliphatic rings. The highest BCUT2D eigenvalue weighted by Gasteiger charge is 2.41. The maximum Gasteiger partial charge on any atom is 0.313 e. The monoisotopic (exact) mass is 296 g/mol. The number of ether oxygens (including phenoxy) is 1. The van der Waals surface area contributed by atoms with Crippen molar-refractivity contribution in [1.82, 2.24) is 10.2 Å².